The summed E-state index contributed by atoms with van der Waals surface area (Å²) in [5.74, 6) is 7.38. The maximum absolute atomic E-state index is 14.5. The van der Waals surface area contributed by atoms with E-state index in [1.54, 1.807) is 30.5 Å². The van der Waals surface area contributed by atoms with Crippen LogP contribution in [0.5, 0.6) is 11.5 Å². The molecule has 8 heteroatoms. The Bertz CT molecular complexity index is 1410. The molecule has 170 valence electrons. The van der Waals surface area contributed by atoms with Gasteiger partial charge < -0.3 is 19.9 Å². The third-order valence-corrected chi connectivity index (χ3v) is 6.26. The van der Waals surface area contributed by atoms with Crippen LogP contribution in [0, 0.1) is 23.2 Å². The fraction of sp³-hybridized carbons (Fsp3) is 0.269. The van der Waals surface area contributed by atoms with Crippen LogP contribution in [0.1, 0.15) is 23.7 Å². The first-order valence-electron chi connectivity index (χ1n) is 10.9. The van der Waals surface area contributed by atoms with Crippen molar-refractivity contribution in [1.29, 1.82) is 0 Å². The molecule has 1 saturated heterocycles. The summed E-state index contributed by atoms with van der Waals surface area (Å²) in [6.45, 7) is 3.75. The standard InChI is InChI=1S/C26H21FN4O3/c1-25(13-33-14-25)7-6-17-10-20-22(11-30-17)34-21-5-4-16(18-3-2-8-29-24(18)27)9-19(21)26(20)15-32-12-23(28)31-26/h2-5,8-11H,12-15H2,1H3,(H2,28,31)/t26-/m0/s1. The molecule has 5 heterocycles. The Hall–Kier alpha value is -3.80. The summed E-state index contributed by atoms with van der Waals surface area (Å²) in [6, 6.07) is 10.7. The average molecular weight is 456 g/mol. The average Bonchev–Trinajstić information content (AvgIpc) is 2.82. The highest BCUT2D eigenvalue weighted by Crippen LogP contribution is 2.51. The normalized spacial score (nSPS) is 21.8. The SMILES string of the molecule is CC1(C#Cc2cc3c(cn2)Oc2ccc(-c4cccnc4F)cc2[C@@]32COCC(N)=N2)COC1. The van der Waals surface area contributed by atoms with Crippen molar-refractivity contribution in [2.45, 2.75) is 12.5 Å². The van der Waals surface area contributed by atoms with Gasteiger partial charge in [-0.25, -0.2) is 9.97 Å². The molecule has 6 rings (SSSR count). The van der Waals surface area contributed by atoms with Gasteiger partial charge in [-0.15, -0.1) is 0 Å². The molecule has 1 fully saturated rings. The zero-order valence-electron chi connectivity index (χ0n) is 18.5. The van der Waals surface area contributed by atoms with Crippen LogP contribution in [0.25, 0.3) is 11.1 Å². The molecule has 3 aliphatic rings. The van der Waals surface area contributed by atoms with Crippen LogP contribution < -0.4 is 10.5 Å². The predicted molar refractivity (Wildman–Crippen MR) is 123 cm³/mol. The van der Waals surface area contributed by atoms with E-state index in [4.69, 9.17) is 24.9 Å². The Morgan fingerprint density at radius 3 is 2.65 bits per heavy atom. The van der Waals surface area contributed by atoms with Gasteiger partial charge in [0.15, 0.2) is 5.75 Å². The van der Waals surface area contributed by atoms with Crippen molar-refractivity contribution in [3.8, 4) is 34.5 Å². The number of halogens is 1. The van der Waals surface area contributed by atoms with Crippen molar-refractivity contribution in [3.05, 3.63) is 71.6 Å². The molecule has 0 unspecified atom stereocenters. The Kier molecular flexibility index (Phi) is 4.66. The van der Waals surface area contributed by atoms with Gasteiger partial charge in [0.1, 0.15) is 29.4 Å². The minimum absolute atomic E-state index is 0.169. The van der Waals surface area contributed by atoms with Crippen LogP contribution in [0.2, 0.25) is 0 Å². The van der Waals surface area contributed by atoms with Gasteiger partial charge >= 0.3 is 0 Å². The number of aromatic nitrogens is 2. The second-order valence-electron chi connectivity index (χ2n) is 8.98. The molecule has 3 aromatic rings. The molecule has 2 N–H and O–H groups in total. The van der Waals surface area contributed by atoms with Crippen molar-refractivity contribution in [2.75, 3.05) is 26.4 Å². The number of hydrogen-bond acceptors (Lipinski definition) is 7. The minimum Gasteiger partial charge on any atom is -0.455 e. The van der Waals surface area contributed by atoms with E-state index in [-0.39, 0.29) is 18.6 Å². The Morgan fingerprint density at radius 1 is 1.03 bits per heavy atom. The van der Waals surface area contributed by atoms with E-state index in [1.165, 1.54) is 6.20 Å². The monoisotopic (exact) mass is 456 g/mol. The van der Waals surface area contributed by atoms with Crippen molar-refractivity contribution in [1.82, 2.24) is 9.97 Å². The van der Waals surface area contributed by atoms with Gasteiger partial charge in [0.25, 0.3) is 0 Å². The van der Waals surface area contributed by atoms with Crippen LogP contribution in [-0.4, -0.2) is 42.2 Å². The van der Waals surface area contributed by atoms with E-state index in [2.05, 4.69) is 28.7 Å². The molecular weight excluding hydrogens is 435 g/mol. The molecule has 0 aliphatic carbocycles. The Balaban J connectivity index is 1.52. The molecule has 7 nitrogen and oxygen atoms in total. The number of amidine groups is 1. The second kappa shape index (κ2) is 7.62. The van der Waals surface area contributed by atoms with Gasteiger partial charge in [0, 0.05) is 22.9 Å². The number of pyridine rings is 2. The number of fused-ring (bicyclic) bond motifs is 4. The van der Waals surface area contributed by atoms with Crippen LogP contribution in [-0.2, 0) is 15.0 Å². The zero-order chi connectivity index (χ0) is 23.3. The maximum Gasteiger partial charge on any atom is 0.220 e. The number of rotatable bonds is 1. The summed E-state index contributed by atoms with van der Waals surface area (Å²) in [5.41, 5.74) is 8.14. The van der Waals surface area contributed by atoms with Gasteiger partial charge in [-0.05, 0) is 48.7 Å². The first kappa shape index (κ1) is 20.8. The predicted octanol–water partition coefficient (Wildman–Crippen LogP) is 3.41. The molecule has 0 bridgehead atoms. The number of nitrogens with two attached hydrogens (primary N) is 1. The second-order valence-corrected chi connectivity index (χ2v) is 8.98. The number of nitrogens with zero attached hydrogens (tertiary/aromatic N) is 3. The lowest BCUT2D eigenvalue weighted by Crippen LogP contribution is -2.42. The van der Waals surface area contributed by atoms with Gasteiger partial charge in [0.2, 0.25) is 5.95 Å². The quantitative estimate of drug-likeness (QED) is 0.446. The van der Waals surface area contributed by atoms with E-state index in [0.717, 1.165) is 11.1 Å². The fourth-order valence-corrected chi connectivity index (χ4v) is 4.47. The highest BCUT2D eigenvalue weighted by molar-refractivity contribution is 5.84. The summed E-state index contributed by atoms with van der Waals surface area (Å²) in [5, 5.41) is 0. The summed E-state index contributed by atoms with van der Waals surface area (Å²) in [6.07, 6.45) is 3.07. The topological polar surface area (TPSA) is 91.9 Å². The maximum atomic E-state index is 14.5. The van der Waals surface area contributed by atoms with Crippen LogP contribution in [0.4, 0.5) is 4.39 Å². The largest absolute Gasteiger partial charge is 0.455 e. The van der Waals surface area contributed by atoms with Gasteiger partial charge in [-0.1, -0.05) is 12.0 Å². The third-order valence-electron chi connectivity index (χ3n) is 6.26. The fourth-order valence-electron chi connectivity index (χ4n) is 4.47. The van der Waals surface area contributed by atoms with Crippen molar-refractivity contribution >= 4 is 5.84 Å². The van der Waals surface area contributed by atoms with Crippen LogP contribution in [0.15, 0.2) is 53.8 Å². The van der Waals surface area contributed by atoms with Crippen LogP contribution >= 0.6 is 0 Å². The van der Waals surface area contributed by atoms with E-state index >= 15 is 0 Å². The number of ether oxygens (including phenoxy) is 3. The molecule has 1 spiro atoms. The smallest absolute Gasteiger partial charge is 0.220 e. The molecule has 0 amide bonds. The summed E-state index contributed by atoms with van der Waals surface area (Å²) < 4.78 is 31.8. The van der Waals surface area contributed by atoms with E-state index in [1.807, 2.05) is 12.1 Å². The molecule has 1 atom stereocenters. The lowest BCUT2D eigenvalue weighted by atomic mass is 9.79. The summed E-state index contributed by atoms with van der Waals surface area (Å²) in [4.78, 5) is 13.1. The van der Waals surface area contributed by atoms with Crippen LogP contribution in [0.3, 0.4) is 0 Å². The molecular formula is C26H21FN4O3. The summed E-state index contributed by atoms with van der Waals surface area (Å²) in [7, 11) is 0. The van der Waals surface area contributed by atoms with Gasteiger partial charge in [-0.3, -0.25) is 4.99 Å². The first-order valence-corrected chi connectivity index (χ1v) is 10.9. The van der Waals surface area contributed by atoms with E-state index in [0.29, 0.717) is 47.4 Å². The molecule has 1 aromatic carbocycles. The Morgan fingerprint density at radius 2 is 1.88 bits per heavy atom. The molecule has 2 aromatic heterocycles. The molecule has 0 saturated carbocycles. The highest BCUT2D eigenvalue weighted by Gasteiger charge is 2.45. The molecule has 3 aliphatic heterocycles. The number of benzene rings is 1. The minimum atomic E-state index is -0.969. The Labute approximate surface area is 195 Å². The van der Waals surface area contributed by atoms with E-state index in [9.17, 15) is 4.39 Å². The lowest BCUT2D eigenvalue weighted by Gasteiger charge is -2.39. The first-order chi connectivity index (χ1) is 16.5. The zero-order valence-corrected chi connectivity index (χ0v) is 18.5. The van der Waals surface area contributed by atoms with Gasteiger partial charge in [-0.2, -0.15) is 4.39 Å². The molecule has 34 heavy (non-hydrogen) atoms. The van der Waals surface area contributed by atoms with Crippen molar-refractivity contribution in [2.24, 2.45) is 16.1 Å². The summed E-state index contributed by atoms with van der Waals surface area (Å²) >= 11 is 0. The molecule has 0 radical (unpaired) electrons. The van der Waals surface area contributed by atoms with Gasteiger partial charge in [0.05, 0.1) is 31.4 Å². The highest BCUT2D eigenvalue weighted by atomic mass is 19.1. The number of hydrogen-bond donors (Lipinski definition) is 1. The van der Waals surface area contributed by atoms with E-state index < -0.39 is 11.5 Å². The number of aliphatic imine (C=N–C) groups is 1. The van der Waals surface area contributed by atoms with Crippen molar-refractivity contribution < 1.29 is 18.6 Å². The van der Waals surface area contributed by atoms with Crippen molar-refractivity contribution in [3.63, 3.8) is 0 Å². The lowest BCUT2D eigenvalue weighted by molar-refractivity contribution is -0.0648. The third kappa shape index (κ3) is 3.33.